The van der Waals surface area contributed by atoms with Crippen LogP contribution in [0.4, 0.5) is 0 Å². The van der Waals surface area contributed by atoms with Crippen LogP contribution in [-0.4, -0.2) is 39.7 Å². The first-order valence-electron chi connectivity index (χ1n) is 7.45. The number of para-hydroxylation sites is 1. The van der Waals surface area contributed by atoms with E-state index in [1.54, 1.807) is 24.3 Å². The van der Waals surface area contributed by atoms with Gasteiger partial charge in [-0.25, -0.2) is 0 Å². The molecule has 4 nitrogen and oxygen atoms in total. The fraction of sp³-hybridized carbons (Fsp3) is 0.562. The Morgan fingerprint density at radius 1 is 1.15 bits per heavy atom. The van der Waals surface area contributed by atoms with Crippen LogP contribution in [0.1, 0.15) is 42.5 Å². The number of likely N-dealkylation sites (tertiary alicyclic amines) is 1. The summed E-state index contributed by atoms with van der Waals surface area (Å²) in [5.74, 6) is 0.132. The molecule has 1 saturated carbocycles. The highest BCUT2D eigenvalue weighted by molar-refractivity contribution is 5.97. The third-order valence-electron chi connectivity index (χ3n) is 4.72. The van der Waals surface area contributed by atoms with Crippen molar-refractivity contribution >= 4 is 5.91 Å². The summed E-state index contributed by atoms with van der Waals surface area (Å²) in [6, 6.07) is 6.82. The van der Waals surface area contributed by atoms with E-state index >= 15 is 0 Å². The molecule has 1 aliphatic carbocycles. The first-order chi connectivity index (χ1) is 9.68. The largest absolute Gasteiger partial charge is 0.507 e. The van der Waals surface area contributed by atoms with Crippen molar-refractivity contribution in [1.29, 1.82) is 0 Å². The second-order valence-corrected chi connectivity index (χ2v) is 5.89. The minimum Gasteiger partial charge on any atom is -0.507 e. The molecule has 0 radical (unpaired) electrons. The maximum atomic E-state index is 12.6. The second kappa shape index (κ2) is 5.44. The van der Waals surface area contributed by atoms with Crippen molar-refractivity contribution in [3.63, 3.8) is 0 Å². The molecule has 1 aromatic carbocycles. The fourth-order valence-corrected chi connectivity index (χ4v) is 3.72. The van der Waals surface area contributed by atoms with E-state index in [-0.39, 0.29) is 29.7 Å². The summed E-state index contributed by atoms with van der Waals surface area (Å²) in [5, 5.41) is 19.9. The summed E-state index contributed by atoms with van der Waals surface area (Å²) in [4.78, 5) is 14.5. The summed E-state index contributed by atoms with van der Waals surface area (Å²) >= 11 is 0. The van der Waals surface area contributed by atoms with E-state index in [0.29, 0.717) is 5.56 Å². The van der Waals surface area contributed by atoms with E-state index in [1.807, 2.05) is 4.90 Å². The van der Waals surface area contributed by atoms with E-state index in [2.05, 4.69) is 0 Å². The minimum absolute atomic E-state index is 0.0371. The van der Waals surface area contributed by atoms with Crippen LogP contribution in [0.3, 0.4) is 0 Å². The van der Waals surface area contributed by atoms with Crippen molar-refractivity contribution in [2.75, 3.05) is 6.54 Å². The van der Waals surface area contributed by atoms with Crippen molar-refractivity contribution in [2.45, 2.75) is 44.2 Å². The zero-order valence-electron chi connectivity index (χ0n) is 11.5. The van der Waals surface area contributed by atoms with E-state index in [9.17, 15) is 15.0 Å². The number of phenolic OH excluding ortho intramolecular Hbond substituents is 1. The first kappa shape index (κ1) is 13.4. The van der Waals surface area contributed by atoms with E-state index in [0.717, 1.165) is 38.6 Å². The van der Waals surface area contributed by atoms with Gasteiger partial charge in [-0.3, -0.25) is 4.79 Å². The second-order valence-electron chi connectivity index (χ2n) is 5.89. The Hall–Kier alpha value is -1.55. The number of rotatable bonds is 2. The third-order valence-corrected chi connectivity index (χ3v) is 4.72. The van der Waals surface area contributed by atoms with Crippen molar-refractivity contribution < 1.29 is 15.0 Å². The van der Waals surface area contributed by atoms with Crippen molar-refractivity contribution in [1.82, 2.24) is 4.90 Å². The van der Waals surface area contributed by atoms with Gasteiger partial charge < -0.3 is 15.1 Å². The summed E-state index contributed by atoms with van der Waals surface area (Å²) < 4.78 is 0. The predicted octanol–water partition coefficient (Wildman–Crippen LogP) is 2.16. The smallest absolute Gasteiger partial charge is 0.257 e. The molecule has 0 bridgehead atoms. The molecule has 2 aliphatic rings. The van der Waals surface area contributed by atoms with Gasteiger partial charge in [0.2, 0.25) is 0 Å². The number of nitrogens with zero attached hydrogens (tertiary/aromatic N) is 1. The van der Waals surface area contributed by atoms with Gasteiger partial charge in [0, 0.05) is 18.5 Å². The third kappa shape index (κ3) is 2.29. The number of hydrogen-bond donors (Lipinski definition) is 2. The molecule has 0 spiro atoms. The molecule has 2 fully saturated rings. The Morgan fingerprint density at radius 3 is 2.65 bits per heavy atom. The van der Waals surface area contributed by atoms with Gasteiger partial charge in [-0.05, 0) is 37.8 Å². The zero-order chi connectivity index (χ0) is 14.1. The van der Waals surface area contributed by atoms with Gasteiger partial charge in [-0.1, -0.05) is 18.6 Å². The minimum atomic E-state index is -0.280. The van der Waals surface area contributed by atoms with Crippen LogP contribution < -0.4 is 0 Å². The Morgan fingerprint density at radius 2 is 1.95 bits per heavy atom. The summed E-state index contributed by atoms with van der Waals surface area (Å²) in [6.45, 7) is 0.723. The van der Waals surface area contributed by atoms with E-state index in [4.69, 9.17) is 0 Å². The summed E-state index contributed by atoms with van der Waals surface area (Å²) in [6.07, 6.45) is 4.54. The van der Waals surface area contributed by atoms with Gasteiger partial charge >= 0.3 is 0 Å². The Labute approximate surface area is 119 Å². The number of benzene rings is 1. The molecule has 1 saturated heterocycles. The molecule has 1 aliphatic heterocycles. The van der Waals surface area contributed by atoms with Gasteiger partial charge in [0.05, 0.1) is 11.7 Å². The van der Waals surface area contributed by atoms with Gasteiger partial charge in [0.25, 0.3) is 5.91 Å². The first-order valence-corrected chi connectivity index (χ1v) is 7.45. The van der Waals surface area contributed by atoms with E-state index < -0.39 is 0 Å². The van der Waals surface area contributed by atoms with Gasteiger partial charge in [0.15, 0.2) is 0 Å². The van der Waals surface area contributed by atoms with Crippen LogP contribution in [0.2, 0.25) is 0 Å². The average Bonchev–Trinajstić information content (AvgIpc) is 3.06. The van der Waals surface area contributed by atoms with Crippen molar-refractivity contribution in [2.24, 2.45) is 5.92 Å². The Bertz CT molecular complexity index is 502. The molecular weight excluding hydrogens is 254 g/mol. The highest BCUT2D eigenvalue weighted by Crippen LogP contribution is 2.36. The van der Waals surface area contributed by atoms with Crippen LogP contribution >= 0.6 is 0 Å². The molecule has 0 aromatic heterocycles. The number of hydrogen-bond acceptors (Lipinski definition) is 3. The van der Waals surface area contributed by atoms with Crippen LogP contribution in [0.25, 0.3) is 0 Å². The lowest BCUT2D eigenvalue weighted by atomic mass is 9.93. The quantitative estimate of drug-likeness (QED) is 0.869. The van der Waals surface area contributed by atoms with Gasteiger partial charge in [0.1, 0.15) is 5.75 Å². The zero-order valence-corrected chi connectivity index (χ0v) is 11.5. The van der Waals surface area contributed by atoms with Crippen LogP contribution in [0.5, 0.6) is 5.75 Å². The molecule has 108 valence electrons. The molecular formula is C16H21NO3. The maximum Gasteiger partial charge on any atom is 0.257 e. The Kier molecular flexibility index (Phi) is 3.66. The number of carbonyl (C=O) groups excluding carboxylic acids is 1. The summed E-state index contributed by atoms with van der Waals surface area (Å²) in [7, 11) is 0. The molecule has 3 unspecified atom stereocenters. The molecule has 2 N–H and O–H groups in total. The summed E-state index contributed by atoms with van der Waals surface area (Å²) in [5.41, 5.74) is 0.367. The lowest BCUT2D eigenvalue weighted by Crippen LogP contribution is -2.42. The van der Waals surface area contributed by atoms with Crippen molar-refractivity contribution in [3.05, 3.63) is 29.8 Å². The normalized spacial score (nSPS) is 29.9. The average molecular weight is 275 g/mol. The number of aromatic hydroxyl groups is 1. The van der Waals surface area contributed by atoms with Crippen LogP contribution in [0.15, 0.2) is 24.3 Å². The Balaban J connectivity index is 1.82. The lowest BCUT2D eigenvalue weighted by molar-refractivity contribution is 0.0525. The molecule has 1 aromatic rings. The number of aliphatic hydroxyl groups is 1. The van der Waals surface area contributed by atoms with Gasteiger partial charge in [-0.15, -0.1) is 0 Å². The SMILES string of the molecule is O=C(c1ccccc1O)N1CCCC1C1CCCC1O. The number of amides is 1. The highest BCUT2D eigenvalue weighted by Gasteiger charge is 2.40. The van der Waals surface area contributed by atoms with Crippen LogP contribution in [0, 0.1) is 5.92 Å². The predicted molar refractivity (Wildman–Crippen MR) is 75.5 cm³/mol. The van der Waals surface area contributed by atoms with Gasteiger partial charge in [-0.2, -0.15) is 0 Å². The molecule has 3 atom stereocenters. The molecule has 1 heterocycles. The molecule has 4 heteroatoms. The van der Waals surface area contributed by atoms with Crippen molar-refractivity contribution in [3.8, 4) is 5.75 Å². The molecule has 3 rings (SSSR count). The number of aliphatic hydroxyl groups excluding tert-OH is 1. The number of phenols is 1. The monoisotopic (exact) mass is 275 g/mol. The fourth-order valence-electron chi connectivity index (χ4n) is 3.72. The molecule has 20 heavy (non-hydrogen) atoms. The maximum absolute atomic E-state index is 12.6. The standard InChI is InChI=1S/C16H21NO3/c18-14-9-3-6-11(14)13-7-4-10-17(13)16(20)12-5-1-2-8-15(12)19/h1-2,5,8,11,13-14,18-19H,3-4,6-7,9-10H2. The van der Waals surface area contributed by atoms with E-state index in [1.165, 1.54) is 0 Å². The molecule has 1 amide bonds. The number of carbonyl (C=O) groups is 1. The topological polar surface area (TPSA) is 60.8 Å². The highest BCUT2D eigenvalue weighted by atomic mass is 16.3. The lowest BCUT2D eigenvalue weighted by Gasteiger charge is -2.31. The van der Waals surface area contributed by atoms with Crippen LogP contribution in [-0.2, 0) is 0 Å².